The first-order valence-electron chi connectivity index (χ1n) is 7.24. The molecule has 0 aliphatic heterocycles. The summed E-state index contributed by atoms with van der Waals surface area (Å²) >= 11 is 2.26. The van der Waals surface area contributed by atoms with Gasteiger partial charge in [-0.05, 0) is 41.0 Å². The first-order valence-corrected chi connectivity index (χ1v) is 8.32. The van der Waals surface area contributed by atoms with Crippen molar-refractivity contribution >= 4 is 28.4 Å². The van der Waals surface area contributed by atoms with E-state index >= 15 is 0 Å². The molecule has 2 aromatic rings. The Morgan fingerprint density at radius 2 is 1.71 bits per heavy atom. The van der Waals surface area contributed by atoms with Gasteiger partial charge in [0.15, 0.2) is 0 Å². The quantitative estimate of drug-likeness (QED) is 0.784. The van der Waals surface area contributed by atoms with Gasteiger partial charge < -0.3 is 5.73 Å². The lowest BCUT2D eigenvalue weighted by Crippen LogP contribution is -2.23. The molecule has 0 unspecified atom stereocenters. The maximum Gasteiger partial charge on any atom is 0.141 e. The molecule has 1 aromatic heterocycles. The van der Waals surface area contributed by atoms with Crippen molar-refractivity contribution in [1.82, 2.24) is 9.97 Å². The highest BCUT2D eigenvalue weighted by Gasteiger charge is 2.49. The van der Waals surface area contributed by atoms with Gasteiger partial charge in [0.1, 0.15) is 11.6 Å². The van der Waals surface area contributed by atoms with E-state index in [0.717, 1.165) is 27.9 Å². The summed E-state index contributed by atoms with van der Waals surface area (Å²) in [6, 6.07) is 10.5. The Kier molecular flexibility index (Phi) is 3.47. The van der Waals surface area contributed by atoms with Crippen molar-refractivity contribution in [3.05, 3.63) is 51.0 Å². The molecule has 2 N–H and O–H groups in total. The number of nitrogen functional groups attached to an aromatic ring is 1. The molecule has 4 heteroatoms. The van der Waals surface area contributed by atoms with E-state index in [1.165, 1.54) is 5.56 Å². The minimum Gasteiger partial charge on any atom is -0.383 e. The summed E-state index contributed by atoms with van der Waals surface area (Å²) in [5, 5.41) is 0. The zero-order valence-corrected chi connectivity index (χ0v) is 14.8. The van der Waals surface area contributed by atoms with E-state index < -0.39 is 0 Å². The number of hydrogen-bond acceptors (Lipinski definition) is 3. The summed E-state index contributed by atoms with van der Waals surface area (Å²) in [4.78, 5) is 9.53. The van der Waals surface area contributed by atoms with E-state index in [1.807, 2.05) is 6.07 Å². The van der Waals surface area contributed by atoms with Crippen LogP contribution in [0.5, 0.6) is 0 Å². The molecule has 0 amide bonds. The fraction of sp³-hybridized carbons (Fsp3) is 0.412. The Labute approximate surface area is 139 Å². The first kappa shape index (κ1) is 14.8. The molecule has 110 valence electrons. The van der Waals surface area contributed by atoms with Crippen LogP contribution in [0.3, 0.4) is 0 Å². The maximum atomic E-state index is 6.16. The van der Waals surface area contributed by atoms with Crippen LogP contribution in [0.4, 0.5) is 5.82 Å². The molecule has 0 bridgehead atoms. The van der Waals surface area contributed by atoms with E-state index in [9.17, 15) is 0 Å². The maximum absolute atomic E-state index is 6.16. The summed E-state index contributed by atoms with van der Waals surface area (Å²) in [5.41, 5.74) is 8.45. The highest BCUT2D eigenvalue weighted by Crippen LogP contribution is 2.52. The Bertz CT molecular complexity index is 670. The second-order valence-corrected chi connectivity index (χ2v) is 7.87. The number of anilines is 1. The summed E-state index contributed by atoms with van der Waals surface area (Å²) in [6.07, 6.45) is 2.20. The Morgan fingerprint density at radius 3 is 2.24 bits per heavy atom. The fourth-order valence-electron chi connectivity index (χ4n) is 2.70. The monoisotopic (exact) mass is 393 g/mol. The van der Waals surface area contributed by atoms with E-state index in [-0.39, 0.29) is 10.8 Å². The van der Waals surface area contributed by atoms with Crippen LogP contribution >= 0.6 is 22.6 Å². The SMILES string of the molecule is CC(C)(C)c1nc(C2(c3ccccc3)CC2)nc(N)c1I. The first-order chi connectivity index (χ1) is 9.84. The summed E-state index contributed by atoms with van der Waals surface area (Å²) in [7, 11) is 0. The number of hydrogen-bond donors (Lipinski definition) is 1. The molecule has 0 atom stereocenters. The van der Waals surface area contributed by atoms with Crippen molar-refractivity contribution in [2.75, 3.05) is 5.73 Å². The van der Waals surface area contributed by atoms with Gasteiger partial charge in [0.2, 0.25) is 0 Å². The summed E-state index contributed by atoms with van der Waals surface area (Å²) in [6.45, 7) is 6.51. The minimum atomic E-state index is -0.0326. The third-order valence-electron chi connectivity index (χ3n) is 4.09. The van der Waals surface area contributed by atoms with Gasteiger partial charge >= 0.3 is 0 Å². The fourth-order valence-corrected chi connectivity index (χ4v) is 3.75. The topological polar surface area (TPSA) is 51.8 Å². The van der Waals surface area contributed by atoms with Crippen LogP contribution < -0.4 is 5.73 Å². The smallest absolute Gasteiger partial charge is 0.141 e. The van der Waals surface area contributed by atoms with Gasteiger partial charge in [-0.2, -0.15) is 0 Å². The molecule has 1 aliphatic carbocycles. The normalized spacial score (nSPS) is 16.8. The van der Waals surface area contributed by atoms with E-state index in [2.05, 4.69) is 72.6 Å². The van der Waals surface area contributed by atoms with Crippen LogP contribution in [0.25, 0.3) is 0 Å². The highest BCUT2D eigenvalue weighted by molar-refractivity contribution is 14.1. The van der Waals surface area contributed by atoms with E-state index in [0.29, 0.717) is 5.82 Å². The lowest BCUT2D eigenvalue weighted by atomic mass is 9.90. The van der Waals surface area contributed by atoms with Gasteiger partial charge in [0.05, 0.1) is 14.7 Å². The second kappa shape index (κ2) is 4.93. The molecule has 1 heterocycles. The zero-order chi connectivity index (χ0) is 15.3. The molecule has 1 saturated carbocycles. The molecule has 0 saturated heterocycles. The molecule has 3 nitrogen and oxygen atoms in total. The molecule has 1 fully saturated rings. The van der Waals surface area contributed by atoms with E-state index in [1.54, 1.807) is 0 Å². The number of aromatic nitrogens is 2. The molecule has 0 radical (unpaired) electrons. The number of nitrogens with zero attached hydrogens (tertiary/aromatic N) is 2. The third-order valence-corrected chi connectivity index (χ3v) is 5.16. The molecule has 1 aliphatic rings. The van der Waals surface area contributed by atoms with Crippen LogP contribution in [-0.2, 0) is 10.8 Å². The van der Waals surface area contributed by atoms with Crippen LogP contribution in [0.1, 0.15) is 50.7 Å². The van der Waals surface area contributed by atoms with Gasteiger partial charge in [0, 0.05) is 5.41 Å². The minimum absolute atomic E-state index is 0.0281. The van der Waals surface area contributed by atoms with Crippen molar-refractivity contribution in [3.8, 4) is 0 Å². The lowest BCUT2D eigenvalue weighted by Gasteiger charge is -2.23. The van der Waals surface area contributed by atoms with Crippen LogP contribution in [0, 0.1) is 3.57 Å². The molecule has 0 spiro atoms. The molecular weight excluding hydrogens is 373 g/mol. The van der Waals surface area contributed by atoms with Gasteiger partial charge in [-0.25, -0.2) is 9.97 Å². The molecular formula is C17H20IN3. The summed E-state index contributed by atoms with van der Waals surface area (Å²) in [5.74, 6) is 1.49. The van der Waals surface area contributed by atoms with E-state index in [4.69, 9.17) is 10.7 Å². The Hall–Kier alpha value is -1.17. The van der Waals surface area contributed by atoms with Gasteiger partial charge in [-0.15, -0.1) is 0 Å². The number of rotatable bonds is 2. The average Bonchev–Trinajstić information content (AvgIpc) is 3.23. The highest BCUT2D eigenvalue weighted by atomic mass is 127. The summed E-state index contributed by atoms with van der Waals surface area (Å²) < 4.78 is 0.979. The average molecular weight is 393 g/mol. The molecule has 3 rings (SSSR count). The Balaban J connectivity index is 2.14. The lowest BCUT2D eigenvalue weighted by molar-refractivity contribution is 0.553. The third kappa shape index (κ3) is 2.54. The molecule has 1 aromatic carbocycles. The standard InChI is InChI=1S/C17H20IN3/c1-16(2,3)13-12(18)14(19)21-15(20-13)17(9-10-17)11-7-5-4-6-8-11/h4-8H,9-10H2,1-3H3,(H2,19,20,21). The van der Waals surface area contributed by atoms with Crippen molar-refractivity contribution in [2.45, 2.75) is 44.4 Å². The predicted molar refractivity (Wildman–Crippen MR) is 94.3 cm³/mol. The van der Waals surface area contributed by atoms with Crippen LogP contribution in [0.15, 0.2) is 30.3 Å². The van der Waals surface area contributed by atoms with Crippen molar-refractivity contribution in [3.63, 3.8) is 0 Å². The van der Waals surface area contributed by atoms with Crippen molar-refractivity contribution in [1.29, 1.82) is 0 Å². The van der Waals surface area contributed by atoms with Gasteiger partial charge in [-0.3, -0.25) is 0 Å². The van der Waals surface area contributed by atoms with Crippen LogP contribution in [-0.4, -0.2) is 9.97 Å². The van der Waals surface area contributed by atoms with Crippen molar-refractivity contribution in [2.24, 2.45) is 0 Å². The number of halogens is 1. The molecule has 21 heavy (non-hydrogen) atoms. The zero-order valence-electron chi connectivity index (χ0n) is 12.7. The second-order valence-electron chi connectivity index (χ2n) is 6.79. The van der Waals surface area contributed by atoms with Gasteiger partial charge in [0.25, 0.3) is 0 Å². The predicted octanol–water partition coefficient (Wildman–Crippen LogP) is 4.04. The van der Waals surface area contributed by atoms with Crippen LogP contribution in [0.2, 0.25) is 0 Å². The largest absolute Gasteiger partial charge is 0.383 e. The number of benzene rings is 1. The number of nitrogens with two attached hydrogens (primary N) is 1. The Morgan fingerprint density at radius 1 is 1.10 bits per heavy atom. The van der Waals surface area contributed by atoms with Gasteiger partial charge in [-0.1, -0.05) is 51.1 Å². The van der Waals surface area contributed by atoms with Crippen molar-refractivity contribution < 1.29 is 0 Å².